The summed E-state index contributed by atoms with van der Waals surface area (Å²) < 4.78 is 6.71. The third kappa shape index (κ3) is 3.46. The second-order valence-electron chi connectivity index (χ2n) is 6.07. The summed E-state index contributed by atoms with van der Waals surface area (Å²) in [6.45, 7) is 3.50. The molecule has 27 heavy (non-hydrogen) atoms. The van der Waals surface area contributed by atoms with E-state index in [1.807, 2.05) is 13.0 Å². The molecule has 0 saturated heterocycles. The zero-order valence-electron chi connectivity index (χ0n) is 15.0. The molecule has 3 aromatic rings. The molecule has 2 N–H and O–H groups in total. The number of methoxy groups -OCH3 is 1. The molecule has 3 rings (SSSR count). The number of amides is 1. The fourth-order valence-electron chi connectivity index (χ4n) is 2.94. The Morgan fingerprint density at radius 2 is 2.07 bits per heavy atom. The number of rotatable bonds is 4. The van der Waals surface area contributed by atoms with Gasteiger partial charge in [0.25, 0.3) is 5.56 Å². The van der Waals surface area contributed by atoms with Gasteiger partial charge in [-0.15, -0.1) is 0 Å². The summed E-state index contributed by atoms with van der Waals surface area (Å²) in [7, 11) is 1.54. The van der Waals surface area contributed by atoms with Gasteiger partial charge in [0.1, 0.15) is 11.6 Å². The van der Waals surface area contributed by atoms with E-state index in [9.17, 15) is 9.59 Å². The molecule has 0 saturated carbocycles. The molecule has 0 fully saturated rings. The van der Waals surface area contributed by atoms with E-state index in [1.54, 1.807) is 44.4 Å². The summed E-state index contributed by atoms with van der Waals surface area (Å²) in [6, 6.07) is 9.52. The molecule has 1 unspecified atom stereocenters. The zero-order valence-corrected chi connectivity index (χ0v) is 15.7. The Labute approximate surface area is 160 Å². The minimum Gasteiger partial charge on any atom is -0.496 e. The number of fused-ring (bicyclic) bond motifs is 1. The highest BCUT2D eigenvalue weighted by Crippen LogP contribution is 2.25. The quantitative estimate of drug-likeness (QED) is 0.712. The number of ether oxygens (including phenoxy) is 1. The summed E-state index contributed by atoms with van der Waals surface area (Å²) in [5.74, 6) is 0.853. The summed E-state index contributed by atoms with van der Waals surface area (Å²) in [4.78, 5) is 28.9. The van der Waals surface area contributed by atoms with Crippen LogP contribution in [0.1, 0.15) is 24.4 Å². The van der Waals surface area contributed by atoms with Gasteiger partial charge in [-0.1, -0.05) is 23.7 Å². The molecule has 1 atom stereocenters. The maximum atomic E-state index is 13.3. The Morgan fingerprint density at radius 1 is 1.33 bits per heavy atom. The number of aromatic nitrogens is 2. The lowest BCUT2D eigenvalue weighted by molar-refractivity contribution is 0.190. The van der Waals surface area contributed by atoms with Gasteiger partial charge in [0.15, 0.2) is 0 Å². The van der Waals surface area contributed by atoms with Crippen molar-refractivity contribution >= 4 is 28.6 Å². The third-order valence-electron chi connectivity index (χ3n) is 4.25. The fourth-order valence-corrected chi connectivity index (χ4v) is 3.19. The van der Waals surface area contributed by atoms with Crippen LogP contribution in [0.3, 0.4) is 0 Å². The Bertz CT molecular complexity index is 1090. The predicted molar refractivity (Wildman–Crippen MR) is 103 cm³/mol. The normalized spacial score (nSPS) is 12.0. The van der Waals surface area contributed by atoms with Crippen molar-refractivity contribution in [1.29, 1.82) is 0 Å². The highest BCUT2D eigenvalue weighted by Gasteiger charge is 2.21. The Hall–Kier alpha value is -3.06. The monoisotopic (exact) mass is 387 g/mol. The van der Waals surface area contributed by atoms with Gasteiger partial charge in [-0.3, -0.25) is 9.36 Å². The van der Waals surface area contributed by atoms with Crippen molar-refractivity contribution in [3.63, 3.8) is 0 Å². The lowest BCUT2D eigenvalue weighted by atomic mass is 10.1. The zero-order chi connectivity index (χ0) is 19.7. The molecule has 0 radical (unpaired) electrons. The SMILES string of the molecule is COc1cc(-n2c(C(C)NC(=O)O)nc3cccc(Cl)c3c2=O)ccc1C. The van der Waals surface area contributed by atoms with Crippen LogP contribution in [0.5, 0.6) is 5.75 Å². The second kappa shape index (κ2) is 7.28. The average molecular weight is 388 g/mol. The first-order valence-electron chi connectivity index (χ1n) is 8.19. The fraction of sp³-hybridized carbons (Fsp3) is 0.211. The summed E-state index contributed by atoms with van der Waals surface area (Å²) in [6.07, 6.45) is -1.21. The minimum absolute atomic E-state index is 0.253. The average Bonchev–Trinajstić information content (AvgIpc) is 2.61. The number of hydrogen-bond donors (Lipinski definition) is 2. The molecule has 1 aromatic heterocycles. The van der Waals surface area contributed by atoms with Crippen LogP contribution in [-0.4, -0.2) is 27.9 Å². The Kier molecular flexibility index (Phi) is 5.05. The van der Waals surface area contributed by atoms with Gasteiger partial charge in [0.05, 0.1) is 34.8 Å². The molecule has 0 aliphatic rings. The molecule has 2 aromatic carbocycles. The molecule has 140 valence electrons. The first kappa shape index (κ1) is 18.7. The van der Waals surface area contributed by atoms with E-state index in [0.29, 0.717) is 17.0 Å². The molecule has 1 heterocycles. The Balaban J connectivity index is 2.37. The van der Waals surface area contributed by atoms with Gasteiger partial charge in [0, 0.05) is 6.07 Å². The standard InChI is InChI=1S/C19H18ClN3O4/c1-10-7-8-12(9-15(10)27-3)23-17(11(2)21-19(25)26)22-14-6-4-5-13(20)16(14)18(23)24/h4-9,11,21H,1-3H3,(H,25,26). The lowest BCUT2D eigenvalue weighted by Gasteiger charge is -2.19. The van der Waals surface area contributed by atoms with E-state index in [-0.39, 0.29) is 21.8 Å². The van der Waals surface area contributed by atoms with Crippen molar-refractivity contribution in [2.24, 2.45) is 0 Å². The maximum Gasteiger partial charge on any atom is 0.405 e. The molecule has 0 bridgehead atoms. The Morgan fingerprint density at radius 3 is 2.74 bits per heavy atom. The van der Waals surface area contributed by atoms with Crippen LogP contribution in [0, 0.1) is 6.92 Å². The second-order valence-corrected chi connectivity index (χ2v) is 6.48. The van der Waals surface area contributed by atoms with E-state index >= 15 is 0 Å². The van der Waals surface area contributed by atoms with E-state index < -0.39 is 12.1 Å². The van der Waals surface area contributed by atoms with E-state index in [0.717, 1.165) is 5.56 Å². The number of nitrogens with zero attached hydrogens (tertiary/aromatic N) is 2. The van der Waals surface area contributed by atoms with Crippen molar-refractivity contribution in [3.05, 3.63) is 63.2 Å². The highest BCUT2D eigenvalue weighted by molar-refractivity contribution is 6.35. The molecule has 0 aliphatic heterocycles. The van der Waals surface area contributed by atoms with Gasteiger partial charge in [-0.05, 0) is 37.6 Å². The van der Waals surface area contributed by atoms with Gasteiger partial charge in [-0.25, -0.2) is 9.78 Å². The topological polar surface area (TPSA) is 93.4 Å². The van der Waals surface area contributed by atoms with Crippen LogP contribution in [0.4, 0.5) is 4.79 Å². The number of aryl methyl sites for hydroxylation is 1. The van der Waals surface area contributed by atoms with E-state index in [2.05, 4.69) is 10.3 Å². The number of halogens is 1. The first-order chi connectivity index (χ1) is 12.8. The molecule has 8 heteroatoms. The van der Waals surface area contributed by atoms with Crippen molar-refractivity contribution in [2.45, 2.75) is 19.9 Å². The minimum atomic E-state index is -1.21. The number of hydrogen-bond acceptors (Lipinski definition) is 4. The number of carbonyl (C=O) groups is 1. The van der Waals surface area contributed by atoms with Crippen LogP contribution in [0.2, 0.25) is 5.02 Å². The number of benzene rings is 2. The van der Waals surface area contributed by atoms with Crippen LogP contribution in [-0.2, 0) is 0 Å². The number of nitrogens with one attached hydrogen (secondary N) is 1. The van der Waals surface area contributed by atoms with Gasteiger partial charge in [-0.2, -0.15) is 0 Å². The van der Waals surface area contributed by atoms with Crippen molar-refractivity contribution in [1.82, 2.24) is 14.9 Å². The van der Waals surface area contributed by atoms with Crippen molar-refractivity contribution in [2.75, 3.05) is 7.11 Å². The first-order valence-corrected chi connectivity index (χ1v) is 8.57. The van der Waals surface area contributed by atoms with Crippen molar-refractivity contribution in [3.8, 4) is 11.4 Å². The van der Waals surface area contributed by atoms with Crippen LogP contribution in [0.25, 0.3) is 16.6 Å². The molecule has 0 aliphatic carbocycles. The summed E-state index contributed by atoms with van der Waals surface area (Å²) >= 11 is 6.23. The van der Waals surface area contributed by atoms with E-state index in [4.69, 9.17) is 21.4 Å². The molecule has 0 spiro atoms. The number of carboxylic acid groups (broad SMARTS) is 1. The third-order valence-corrected chi connectivity index (χ3v) is 4.56. The van der Waals surface area contributed by atoms with Crippen molar-refractivity contribution < 1.29 is 14.6 Å². The van der Waals surface area contributed by atoms with Gasteiger partial charge >= 0.3 is 6.09 Å². The van der Waals surface area contributed by atoms with E-state index in [1.165, 1.54) is 4.57 Å². The van der Waals surface area contributed by atoms with Crippen LogP contribution in [0.15, 0.2) is 41.2 Å². The maximum absolute atomic E-state index is 13.3. The summed E-state index contributed by atoms with van der Waals surface area (Å²) in [5, 5.41) is 12.0. The van der Waals surface area contributed by atoms with Crippen LogP contribution >= 0.6 is 11.6 Å². The smallest absolute Gasteiger partial charge is 0.405 e. The highest BCUT2D eigenvalue weighted by atomic mass is 35.5. The largest absolute Gasteiger partial charge is 0.496 e. The van der Waals surface area contributed by atoms with Gasteiger partial charge in [0.2, 0.25) is 0 Å². The molecular weight excluding hydrogens is 370 g/mol. The predicted octanol–water partition coefficient (Wildman–Crippen LogP) is 3.68. The summed E-state index contributed by atoms with van der Waals surface area (Å²) in [5.41, 5.74) is 1.42. The molecule has 1 amide bonds. The van der Waals surface area contributed by atoms with Crippen LogP contribution < -0.4 is 15.6 Å². The molecule has 7 nitrogen and oxygen atoms in total. The lowest BCUT2D eigenvalue weighted by Crippen LogP contribution is -2.32. The molecular formula is C19H18ClN3O4. The van der Waals surface area contributed by atoms with Gasteiger partial charge < -0.3 is 15.2 Å².